The number of rotatable bonds is 37. The number of hydrogen-bond donors (Lipinski definition) is 2. The summed E-state index contributed by atoms with van der Waals surface area (Å²) in [6.07, 6.45) is 49.6. The minimum atomic E-state index is -1.03. The van der Waals surface area contributed by atoms with Crippen LogP contribution in [-0.4, -0.2) is 35.6 Å². The number of carbonyl (C=O) groups excluding carboxylic acids is 2. The highest BCUT2D eigenvalue weighted by molar-refractivity contribution is 5.80. The number of allylic oxidation sites excluding steroid dienone is 7. The monoisotopic (exact) mass is 700 g/mol. The SMILES string of the molecule is CCCCCCC/C=C\C/C=C\C/C=C\CCCCCCCCC(=O)OC(/C=C\CCCCCCCC)CCCCCCC(=O)NCC(=O)O. The zero-order valence-electron chi connectivity index (χ0n) is 32.5. The molecular formula is C44H77NO5. The van der Waals surface area contributed by atoms with Gasteiger partial charge < -0.3 is 15.2 Å². The molecule has 0 spiro atoms. The lowest BCUT2D eigenvalue weighted by Crippen LogP contribution is -2.28. The van der Waals surface area contributed by atoms with Crippen molar-refractivity contribution in [1.29, 1.82) is 0 Å². The van der Waals surface area contributed by atoms with Crippen LogP contribution in [0.15, 0.2) is 48.6 Å². The molecule has 1 amide bonds. The number of carboxylic acid groups (broad SMARTS) is 1. The van der Waals surface area contributed by atoms with Crippen LogP contribution in [-0.2, 0) is 19.1 Å². The number of esters is 1. The third-order valence-corrected chi connectivity index (χ3v) is 8.96. The predicted octanol–water partition coefficient (Wildman–Crippen LogP) is 12.7. The van der Waals surface area contributed by atoms with Crippen molar-refractivity contribution in [3.8, 4) is 0 Å². The summed E-state index contributed by atoms with van der Waals surface area (Å²) in [5.41, 5.74) is 0. The zero-order valence-corrected chi connectivity index (χ0v) is 32.5. The average Bonchev–Trinajstić information content (AvgIpc) is 3.10. The Kier molecular flexibility index (Phi) is 37.1. The van der Waals surface area contributed by atoms with Gasteiger partial charge in [0, 0.05) is 12.8 Å². The molecule has 0 aliphatic rings. The summed E-state index contributed by atoms with van der Waals surface area (Å²) in [5.74, 6) is -1.34. The Morgan fingerprint density at radius 3 is 1.52 bits per heavy atom. The standard InChI is InChI=1S/C44H77NO5/c1-3-5-7-9-11-13-14-15-16-17-18-19-20-21-22-23-24-25-27-29-35-39-44(49)50-41(36-32-28-26-12-10-8-6-4-2)37-33-30-31-34-38-42(46)45-40-43(47)48/h14-15,17-18,20-21,32,36,41H,3-13,16,19,22-31,33-35,37-40H2,1-2H3,(H,45,46)(H,47,48)/b15-14-,18-17-,21-20-,36-32-. The molecule has 288 valence electrons. The lowest BCUT2D eigenvalue weighted by molar-refractivity contribution is -0.147. The second-order valence-corrected chi connectivity index (χ2v) is 13.9. The van der Waals surface area contributed by atoms with Crippen LogP contribution in [0.4, 0.5) is 0 Å². The molecule has 0 heterocycles. The Labute approximate surface area is 308 Å². The van der Waals surface area contributed by atoms with Crippen molar-refractivity contribution in [3.05, 3.63) is 48.6 Å². The van der Waals surface area contributed by atoms with Crippen molar-refractivity contribution >= 4 is 17.8 Å². The van der Waals surface area contributed by atoms with Crippen LogP contribution >= 0.6 is 0 Å². The van der Waals surface area contributed by atoms with Gasteiger partial charge in [0.15, 0.2) is 0 Å². The highest BCUT2D eigenvalue weighted by atomic mass is 16.5. The first-order valence-electron chi connectivity index (χ1n) is 20.8. The molecule has 1 atom stereocenters. The van der Waals surface area contributed by atoms with Crippen LogP contribution in [0.3, 0.4) is 0 Å². The van der Waals surface area contributed by atoms with Crippen LogP contribution in [0.25, 0.3) is 0 Å². The maximum atomic E-state index is 12.7. The summed E-state index contributed by atoms with van der Waals surface area (Å²) in [5, 5.41) is 11.1. The van der Waals surface area contributed by atoms with Gasteiger partial charge in [0.25, 0.3) is 0 Å². The van der Waals surface area contributed by atoms with Crippen LogP contribution < -0.4 is 5.32 Å². The van der Waals surface area contributed by atoms with Crippen molar-refractivity contribution < 1.29 is 24.2 Å². The van der Waals surface area contributed by atoms with Crippen LogP contribution in [0.5, 0.6) is 0 Å². The molecule has 0 aliphatic carbocycles. The smallest absolute Gasteiger partial charge is 0.322 e. The maximum absolute atomic E-state index is 12.7. The lowest BCUT2D eigenvalue weighted by atomic mass is 10.1. The Bertz CT molecular complexity index is 906. The first-order chi connectivity index (χ1) is 24.5. The highest BCUT2D eigenvalue weighted by Crippen LogP contribution is 2.15. The number of amides is 1. The fraction of sp³-hybridized carbons (Fsp3) is 0.750. The van der Waals surface area contributed by atoms with E-state index in [2.05, 4.69) is 67.8 Å². The maximum Gasteiger partial charge on any atom is 0.322 e. The number of carbonyl (C=O) groups is 3. The van der Waals surface area contributed by atoms with Gasteiger partial charge in [-0.2, -0.15) is 0 Å². The summed E-state index contributed by atoms with van der Waals surface area (Å²) in [6, 6.07) is 0. The van der Waals surface area contributed by atoms with Crippen LogP contribution in [0.2, 0.25) is 0 Å². The average molecular weight is 700 g/mol. The Morgan fingerprint density at radius 2 is 0.980 bits per heavy atom. The van der Waals surface area contributed by atoms with Gasteiger partial charge in [-0.3, -0.25) is 14.4 Å². The molecular weight excluding hydrogens is 622 g/mol. The van der Waals surface area contributed by atoms with Crippen molar-refractivity contribution in [1.82, 2.24) is 5.32 Å². The van der Waals surface area contributed by atoms with Gasteiger partial charge in [-0.1, -0.05) is 153 Å². The Hall–Kier alpha value is -2.63. The number of nitrogens with one attached hydrogen (secondary N) is 1. The third kappa shape index (κ3) is 38.2. The molecule has 0 saturated carbocycles. The Morgan fingerprint density at radius 1 is 0.540 bits per heavy atom. The van der Waals surface area contributed by atoms with E-state index in [-0.39, 0.29) is 24.5 Å². The van der Waals surface area contributed by atoms with E-state index in [0.29, 0.717) is 12.8 Å². The zero-order chi connectivity index (χ0) is 36.6. The molecule has 0 fully saturated rings. The van der Waals surface area contributed by atoms with E-state index in [9.17, 15) is 14.4 Å². The van der Waals surface area contributed by atoms with E-state index < -0.39 is 5.97 Å². The normalized spacial score (nSPS) is 12.5. The van der Waals surface area contributed by atoms with Gasteiger partial charge in [-0.25, -0.2) is 0 Å². The van der Waals surface area contributed by atoms with Crippen molar-refractivity contribution in [2.24, 2.45) is 0 Å². The summed E-state index contributed by atoms with van der Waals surface area (Å²) >= 11 is 0. The van der Waals surface area contributed by atoms with Crippen molar-refractivity contribution in [3.63, 3.8) is 0 Å². The minimum absolute atomic E-state index is 0.0951. The van der Waals surface area contributed by atoms with Crippen LogP contribution in [0.1, 0.15) is 200 Å². The minimum Gasteiger partial charge on any atom is -0.480 e. The molecule has 50 heavy (non-hydrogen) atoms. The fourth-order valence-corrected chi connectivity index (χ4v) is 5.84. The molecule has 0 rings (SSSR count). The van der Waals surface area contributed by atoms with Gasteiger partial charge in [0.05, 0.1) is 0 Å². The molecule has 6 heteroatoms. The number of aliphatic carboxylic acids is 1. The molecule has 0 aromatic carbocycles. The highest BCUT2D eigenvalue weighted by Gasteiger charge is 2.12. The number of hydrogen-bond acceptors (Lipinski definition) is 4. The lowest BCUT2D eigenvalue weighted by Gasteiger charge is -2.15. The molecule has 6 nitrogen and oxygen atoms in total. The molecule has 2 N–H and O–H groups in total. The van der Waals surface area contributed by atoms with E-state index in [0.717, 1.165) is 70.6 Å². The van der Waals surface area contributed by atoms with E-state index >= 15 is 0 Å². The molecule has 0 saturated heterocycles. The fourth-order valence-electron chi connectivity index (χ4n) is 5.84. The summed E-state index contributed by atoms with van der Waals surface area (Å²) in [4.78, 5) is 34.9. The van der Waals surface area contributed by atoms with Crippen molar-refractivity contribution in [2.75, 3.05) is 6.54 Å². The quantitative estimate of drug-likeness (QED) is 0.0382. The second kappa shape index (κ2) is 39.2. The summed E-state index contributed by atoms with van der Waals surface area (Å²) in [6.45, 7) is 4.17. The first-order valence-corrected chi connectivity index (χ1v) is 20.8. The van der Waals surface area contributed by atoms with Crippen molar-refractivity contribution in [2.45, 2.75) is 206 Å². The molecule has 1 unspecified atom stereocenters. The summed E-state index contributed by atoms with van der Waals surface area (Å²) < 4.78 is 5.89. The molecule has 0 radical (unpaired) electrons. The topological polar surface area (TPSA) is 92.7 Å². The second-order valence-electron chi connectivity index (χ2n) is 13.9. The van der Waals surface area contributed by atoms with Gasteiger partial charge in [-0.05, 0) is 83.1 Å². The van der Waals surface area contributed by atoms with E-state index in [1.165, 1.54) is 103 Å². The van der Waals surface area contributed by atoms with E-state index in [1.807, 2.05) is 0 Å². The number of ether oxygens (including phenoxy) is 1. The third-order valence-electron chi connectivity index (χ3n) is 8.96. The predicted molar refractivity (Wildman–Crippen MR) is 212 cm³/mol. The van der Waals surface area contributed by atoms with Gasteiger partial charge in [0.1, 0.15) is 12.6 Å². The van der Waals surface area contributed by atoms with Crippen LogP contribution in [0, 0.1) is 0 Å². The summed E-state index contributed by atoms with van der Waals surface area (Å²) in [7, 11) is 0. The number of unbranched alkanes of at least 4 members (excludes halogenated alkanes) is 20. The van der Waals surface area contributed by atoms with E-state index in [4.69, 9.17) is 9.84 Å². The number of carboxylic acids is 1. The van der Waals surface area contributed by atoms with E-state index in [1.54, 1.807) is 0 Å². The first kappa shape index (κ1) is 47.4. The molecule has 0 bridgehead atoms. The Balaban J connectivity index is 4.08. The molecule has 0 aromatic rings. The molecule has 0 aromatic heterocycles. The van der Waals surface area contributed by atoms with Gasteiger partial charge >= 0.3 is 11.9 Å². The van der Waals surface area contributed by atoms with Gasteiger partial charge in [-0.15, -0.1) is 0 Å². The largest absolute Gasteiger partial charge is 0.480 e. The van der Waals surface area contributed by atoms with Gasteiger partial charge in [0.2, 0.25) is 5.91 Å². The molecule has 0 aliphatic heterocycles.